The van der Waals surface area contributed by atoms with Crippen molar-refractivity contribution >= 4 is 23.7 Å². The largest absolute Gasteiger partial charge is 0.467 e. The maximum Gasteiger partial charge on any atom is 0.416 e. The van der Waals surface area contributed by atoms with Crippen molar-refractivity contribution < 1.29 is 50.3 Å². The molecule has 0 radical (unpaired) electrons. The van der Waals surface area contributed by atoms with E-state index >= 15 is 0 Å². The van der Waals surface area contributed by atoms with Gasteiger partial charge in [0.25, 0.3) is 11.8 Å². The molecule has 1 aliphatic rings. The zero-order valence-corrected chi connectivity index (χ0v) is 25.6. The number of carbonyl (C=O) groups excluding carboxylic acids is 4. The van der Waals surface area contributed by atoms with Crippen LogP contribution in [0.1, 0.15) is 65.0 Å². The quantitative estimate of drug-likeness (QED) is 0.257. The highest BCUT2D eigenvalue weighted by molar-refractivity contribution is 5.97. The topological polar surface area (TPSA) is 117 Å². The van der Waals surface area contributed by atoms with E-state index in [0.717, 1.165) is 31.4 Å². The standard InChI is InChI=1S/C31H36F6N4O5/c1-17(2)41(3)22-11-12-24(39-25(42)16-38-27(43)18-7-5-9-20(13-18)30(32,33)34)23(15-22)26(29(45)46-4)40-28(44)19-8-6-10-21(14-19)31(35,36)37/h5-10,13-14,17,22-24,26H,11-12,15-16H2,1-4H3,(H,38,43)(H,39,42)(H,40,44)/t22-,23-,24+,26?/m1/s1. The molecule has 0 saturated heterocycles. The molecule has 0 bridgehead atoms. The molecule has 15 heteroatoms. The van der Waals surface area contributed by atoms with Crippen LogP contribution in [0.15, 0.2) is 48.5 Å². The van der Waals surface area contributed by atoms with Gasteiger partial charge in [0.05, 0.1) is 24.8 Å². The lowest BCUT2D eigenvalue weighted by Gasteiger charge is -2.43. The second-order valence-electron chi connectivity index (χ2n) is 11.4. The highest BCUT2D eigenvalue weighted by Crippen LogP contribution is 2.33. The summed E-state index contributed by atoms with van der Waals surface area (Å²) in [5.41, 5.74) is -2.73. The van der Waals surface area contributed by atoms with Crippen molar-refractivity contribution in [3.05, 3.63) is 70.8 Å². The Kier molecular flexibility index (Phi) is 11.8. The number of hydrogen-bond acceptors (Lipinski definition) is 6. The Morgan fingerprint density at radius 2 is 1.43 bits per heavy atom. The fraction of sp³-hybridized carbons (Fsp3) is 0.484. The first-order valence-electron chi connectivity index (χ1n) is 14.4. The van der Waals surface area contributed by atoms with Crippen LogP contribution in [-0.2, 0) is 26.7 Å². The number of hydrogen-bond donors (Lipinski definition) is 3. The minimum atomic E-state index is -4.71. The number of alkyl halides is 6. The Morgan fingerprint density at radius 1 is 0.891 bits per heavy atom. The molecule has 1 unspecified atom stereocenters. The Labute approximate surface area is 262 Å². The molecule has 1 aliphatic carbocycles. The smallest absolute Gasteiger partial charge is 0.416 e. The summed E-state index contributed by atoms with van der Waals surface area (Å²) in [5, 5.41) is 7.52. The molecule has 2 aromatic carbocycles. The van der Waals surface area contributed by atoms with Crippen LogP contribution in [0.25, 0.3) is 0 Å². The fourth-order valence-corrected chi connectivity index (χ4v) is 5.41. The van der Waals surface area contributed by atoms with Crippen LogP contribution in [0, 0.1) is 5.92 Å². The molecule has 3 N–H and O–H groups in total. The van der Waals surface area contributed by atoms with Crippen molar-refractivity contribution in [3.8, 4) is 0 Å². The molecule has 46 heavy (non-hydrogen) atoms. The SMILES string of the molecule is COC(=O)C(NC(=O)c1cccc(C(F)(F)F)c1)[C@@H]1C[C@H](N(C)C(C)C)CC[C@@H]1NC(=O)CNC(=O)c1cccc(C(F)(F)F)c1. The number of halogens is 6. The van der Waals surface area contributed by atoms with Crippen molar-refractivity contribution in [1.82, 2.24) is 20.9 Å². The predicted octanol–water partition coefficient (Wildman–Crippen LogP) is 4.42. The first kappa shape index (κ1) is 36.3. The number of esters is 1. The van der Waals surface area contributed by atoms with Gasteiger partial charge in [-0.1, -0.05) is 12.1 Å². The van der Waals surface area contributed by atoms with Crippen LogP contribution in [-0.4, -0.2) is 73.5 Å². The Morgan fingerprint density at radius 3 is 1.93 bits per heavy atom. The summed E-state index contributed by atoms with van der Waals surface area (Å²) in [5.74, 6) is -4.25. The molecule has 1 fully saturated rings. The van der Waals surface area contributed by atoms with E-state index < -0.39 is 71.7 Å². The second kappa shape index (κ2) is 15.0. The summed E-state index contributed by atoms with van der Waals surface area (Å²) in [7, 11) is 2.96. The molecule has 1 saturated carbocycles. The Balaban J connectivity index is 1.81. The van der Waals surface area contributed by atoms with E-state index in [1.807, 2.05) is 20.9 Å². The third kappa shape index (κ3) is 9.44. The van der Waals surface area contributed by atoms with Gasteiger partial charge in [-0.05, 0) is 76.6 Å². The van der Waals surface area contributed by atoms with Crippen molar-refractivity contribution in [1.29, 1.82) is 0 Å². The lowest BCUT2D eigenvalue weighted by atomic mass is 9.76. The molecule has 252 valence electrons. The molecule has 3 rings (SSSR count). The fourth-order valence-electron chi connectivity index (χ4n) is 5.41. The van der Waals surface area contributed by atoms with Gasteiger partial charge < -0.3 is 25.6 Å². The van der Waals surface area contributed by atoms with E-state index in [9.17, 15) is 45.5 Å². The van der Waals surface area contributed by atoms with Gasteiger partial charge in [-0.3, -0.25) is 14.4 Å². The van der Waals surface area contributed by atoms with Crippen molar-refractivity contribution in [2.45, 2.75) is 69.6 Å². The summed E-state index contributed by atoms with van der Waals surface area (Å²) in [4.78, 5) is 53.7. The molecule has 0 aromatic heterocycles. The van der Waals surface area contributed by atoms with E-state index in [4.69, 9.17) is 4.74 Å². The van der Waals surface area contributed by atoms with Gasteiger partial charge in [0.2, 0.25) is 5.91 Å². The molecule has 0 aliphatic heterocycles. The van der Waals surface area contributed by atoms with Gasteiger partial charge in [0.1, 0.15) is 6.04 Å². The second-order valence-corrected chi connectivity index (χ2v) is 11.4. The maximum atomic E-state index is 13.3. The summed E-state index contributed by atoms with van der Waals surface area (Å²) in [6, 6.07) is 5.26. The zero-order valence-electron chi connectivity index (χ0n) is 25.6. The molecule has 0 spiro atoms. The van der Waals surface area contributed by atoms with Gasteiger partial charge in [-0.2, -0.15) is 26.3 Å². The van der Waals surface area contributed by atoms with E-state index in [1.54, 1.807) is 0 Å². The number of benzene rings is 2. The summed E-state index contributed by atoms with van der Waals surface area (Å²) in [6.45, 7) is 3.32. The van der Waals surface area contributed by atoms with E-state index in [2.05, 4.69) is 20.9 Å². The summed E-state index contributed by atoms with van der Waals surface area (Å²) in [6.07, 6.45) is -8.20. The van der Waals surface area contributed by atoms with Crippen molar-refractivity contribution in [2.75, 3.05) is 20.7 Å². The number of methoxy groups -OCH3 is 1. The number of carbonyl (C=O) groups is 4. The molecule has 0 heterocycles. The average Bonchev–Trinajstić information content (AvgIpc) is 3.01. The molecule has 3 amide bonds. The van der Waals surface area contributed by atoms with Crippen LogP contribution < -0.4 is 16.0 Å². The number of nitrogens with zero attached hydrogens (tertiary/aromatic N) is 1. The maximum absolute atomic E-state index is 13.3. The predicted molar refractivity (Wildman–Crippen MR) is 154 cm³/mol. The van der Waals surface area contributed by atoms with Crippen LogP contribution in [0.3, 0.4) is 0 Å². The van der Waals surface area contributed by atoms with Crippen LogP contribution in [0.5, 0.6) is 0 Å². The highest BCUT2D eigenvalue weighted by Gasteiger charge is 2.42. The lowest BCUT2D eigenvalue weighted by molar-refractivity contribution is -0.146. The first-order chi connectivity index (χ1) is 21.4. The van der Waals surface area contributed by atoms with Crippen LogP contribution >= 0.6 is 0 Å². The molecular weight excluding hydrogens is 622 g/mol. The van der Waals surface area contributed by atoms with Gasteiger partial charge in [0, 0.05) is 35.2 Å². The number of amides is 3. The Bertz CT molecular complexity index is 1410. The molecule has 2 aromatic rings. The van der Waals surface area contributed by atoms with E-state index in [1.165, 1.54) is 12.1 Å². The molecule has 4 atom stereocenters. The van der Waals surface area contributed by atoms with Gasteiger partial charge in [0.15, 0.2) is 0 Å². The number of nitrogens with one attached hydrogen (secondary N) is 3. The van der Waals surface area contributed by atoms with Crippen molar-refractivity contribution in [2.24, 2.45) is 5.92 Å². The van der Waals surface area contributed by atoms with E-state index in [-0.39, 0.29) is 29.6 Å². The average molecular weight is 659 g/mol. The third-order valence-electron chi connectivity index (χ3n) is 8.09. The van der Waals surface area contributed by atoms with Gasteiger partial charge in [-0.15, -0.1) is 0 Å². The normalized spacial score (nSPS) is 19.3. The molecule has 9 nitrogen and oxygen atoms in total. The highest BCUT2D eigenvalue weighted by atomic mass is 19.4. The number of rotatable bonds is 10. The third-order valence-corrected chi connectivity index (χ3v) is 8.09. The number of ether oxygens (including phenoxy) is 1. The van der Waals surface area contributed by atoms with Gasteiger partial charge in [-0.25, -0.2) is 4.79 Å². The van der Waals surface area contributed by atoms with Crippen LogP contribution in [0.4, 0.5) is 26.3 Å². The first-order valence-corrected chi connectivity index (χ1v) is 14.4. The Hall–Kier alpha value is -4.14. The monoisotopic (exact) mass is 658 g/mol. The van der Waals surface area contributed by atoms with E-state index in [0.29, 0.717) is 25.0 Å². The summed E-state index contributed by atoms with van der Waals surface area (Å²) >= 11 is 0. The lowest BCUT2D eigenvalue weighted by Crippen LogP contribution is -2.59. The minimum absolute atomic E-state index is 0.0964. The minimum Gasteiger partial charge on any atom is -0.467 e. The van der Waals surface area contributed by atoms with Gasteiger partial charge >= 0.3 is 18.3 Å². The van der Waals surface area contributed by atoms with Crippen molar-refractivity contribution in [3.63, 3.8) is 0 Å². The summed E-state index contributed by atoms with van der Waals surface area (Å²) < 4.78 is 83.9. The van der Waals surface area contributed by atoms with Crippen LogP contribution in [0.2, 0.25) is 0 Å². The zero-order chi connectivity index (χ0) is 34.4. The molecular formula is C31H36F6N4O5.